The second kappa shape index (κ2) is 6.58. The van der Waals surface area contributed by atoms with E-state index in [1.807, 2.05) is 4.90 Å². The maximum atomic E-state index is 12.6. The van der Waals surface area contributed by atoms with Crippen LogP contribution in [0.15, 0.2) is 0 Å². The van der Waals surface area contributed by atoms with Crippen molar-refractivity contribution in [2.45, 2.75) is 58.4 Å². The Bertz CT molecular complexity index is 374. The van der Waals surface area contributed by atoms with E-state index in [4.69, 9.17) is 0 Å². The number of nitrogens with zero attached hydrogens (tertiary/aromatic N) is 3. The van der Waals surface area contributed by atoms with Gasteiger partial charge in [0.1, 0.15) is 0 Å². The lowest BCUT2D eigenvalue weighted by Gasteiger charge is -2.40. The summed E-state index contributed by atoms with van der Waals surface area (Å²) in [5.74, 6) is 0.346. The second-order valence-corrected chi connectivity index (χ2v) is 6.53. The highest BCUT2D eigenvalue weighted by molar-refractivity contribution is 5.82. The number of rotatable bonds is 4. The summed E-state index contributed by atoms with van der Waals surface area (Å²) >= 11 is 0. The second-order valence-electron chi connectivity index (χ2n) is 6.53. The predicted molar refractivity (Wildman–Crippen MR) is 79.0 cm³/mol. The zero-order valence-corrected chi connectivity index (χ0v) is 12.9. The standard InChI is InChI=1S/C16H27N3O/c1-3-6-14(13-17)18-9-11-19(12-10-18)15(20)16(2)7-4-5-8-16/h14H,3-12H2,1-2H3. The largest absolute Gasteiger partial charge is 0.340 e. The summed E-state index contributed by atoms with van der Waals surface area (Å²) in [4.78, 5) is 16.9. The van der Waals surface area contributed by atoms with Gasteiger partial charge in [0.25, 0.3) is 0 Å². The first-order valence-electron chi connectivity index (χ1n) is 8.04. The number of piperazine rings is 1. The van der Waals surface area contributed by atoms with Gasteiger partial charge in [-0.25, -0.2) is 0 Å². The van der Waals surface area contributed by atoms with Crippen LogP contribution in [0.5, 0.6) is 0 Å². The summed E-state index contributed by atoms with van der Waals surface area (Å²) in [7, 11) is 0. The van der Waals surface area contributed by atoms with Crippen LogP contribution in [0.1, 0.15) is 52.4 Å². The molecule has 20 heavy (non-hydrogen) atoms. The highest BCUT2D eigenvalue weighted by Gasteiger charge is 2.40. The molecule has 1 saturated carbocycles. The molecule has 0 radical (unpaired) electrons. The molecule has 0 aromatic rings. The Morgan fingerprint density at radius 2 is 1.85 bits per heavy atom. The third kappa shape index (κ3) is 3.15. The summed E-state index contributed by atoms with van der Waals surface area (Å²) in [6.45, 7) is 7.52. The third-order valence-electron chi connectivity index (χ3n) is 4.98. The number of carbonyl (C=O) groups excluding carboxylic acids is 1. The van der Waals surface area contributed by atoms with Crippen molar-refractivity contribution in [2.75, 3.05) is 26.2 Å². The monoisotopic (exact) mass is 277 g/mol. The molecule has 1 unspecified atom stereocenters. The predicted octanol–water partition coefficient (Wildman–Crippen LogP) is 2.40. The first kappa shape index (κ1) is 15.3. The summed E-state index contributed by atoms with van der Waals surface area (Å²) < 4.78 is 0. The third-order valence-corrected chi connectivity index (χ3v) is 4.98. The molecule has 1 amide bonds. The molecular weight excluding hydrogens is 250 g/mol. The molecule has 0 spiro atoms. The smallest absolute Gasteiger partial charge is 0.228 e. The van der Waals surface area contributed by atoms with Crippen molar-refractivity contribution in [3.05, 3.63) is 0 Å². The molecule has 4 nitrogen and oxygen atoms in total. The van der Waals surface area contributed by atoms with Crippen LogP contribution in [0.2, 0.25) is 0 Å². The zero-order valence-electron chi connectivity index (χ0n) is 12.9. The molecule has 1 atom stereocenters. The van der Waals surface area contributed by atoms with Crippen LogP contribution in [0.3, 0.4) is 0 Å². The van der Waals surface area contributed by atoms with Gasteiger partial charge in [0.15, 0.2) is 0 Å². The number of hydrogen-bond donors (Lipinski definition) is 0. The molecule has 2 fully saturated rings. The van der Waals surface area contributed by atoms with Crippen molar-refractivity contribution >= 4 is 5.91 Å². The molecule has 112 valence electrons. The molecule has 0 bridgehead atoms. The van der Waals surface area contributed by atoms with E-state index >= 15 is 0 Å². The number of hydrogen-bond acceptors (Lipinski definition) is 3. The SMILES string of the molecule is CCCC(C#N)N1CCN(C(=O)C2(C)CCCC2)CC1. The van der Waals surface area contributed by atoms with E-state index in [1.54, 1.807) is 0 Å². The normalized spacial score (nSPS) is 24.4. The van der Waals surface area contributed by atoms with E-state index in [0.717, 1.165) is 51.9 Å². The first-order chi connectivity index (χ1) is 9.60. The summed E-state index contributed by atoms with van der Waals surface area (Å²) in [5.41, 5.74) is -0.111. The summed E-state index contributed by atoms with van der Waals surface area (Å²) in [6.07, 6.45) is 6.44. The van der Waals surface area contributed by atoms with E-state index in [-0.39, 0.29) is 11.5 Å². The van der Waals surface area contributed by atoms with Gasteiger partial charge in [-0.05, 0) is 19.3 Å². The lowest BCUT2D eigenvalue weighted by Crippen LogP contribution is -2.54. The minimum atomic E-state index is -0.111. The zero-order chi connectivity index (χ0) is 14.6. The van der Waals surface area contributed by atoms with E-state index in [9.17, 15) is 10.1 Å². The molecule has 0 aromatic heterocycles. The molecule has 2 rings (SSSR count). The maximum Gasteiger partial charge on any atom is 0.228 e. The fourth-order valence-corrected chi connectivity index (χ4v) is 3.59. The van der Waals surface area contributed by atoms with Gasteiger partial charge in [0.05, 0.1) is 12.1 Å². The fraction of sp³-hybridized carbons (Fsp3) is 0.875. The van der Waals surface area contributed by atoms with Crippen LogP contribution in [0.25, 0.3) is 0 Å². The molecule has 2 aliphatic rings. The van der Waals surface area contributed by atoms with E-state index in [2.05, 4.69) is 24.8 Å². The van der Waals surface area contributed by atoms with E-state index in [1.165, 1.54) is 12.8 Å². The minimum Gasteiger partial charge on any atom is -0.340 e. The molecule has 0 aromatic carbocycles. The molecule has 1 heterocycles. The first-order valence-corrected chi connectivity index (χ1v) is 8.04. The number of nitriles is 1. The van der Waals surface area contributed by atoms with Crippen molar-refractivity contribution in [3.63, 3.8) is 0 Å². The summed E-state index contributed by atoms with van der Waals surface area (Å²) in [5, 5.41) is 9.23. The summed E-state index contributed by atoms with van der Waals surface area (Å²) in [6, 6.07) is 2.43. The van der Waals surface area contributed by atoms with Crippen LogP contribution >= 0.6 is 0 Å². The van der Waals surface area contributed by atoms with Gasteiger partial charge in [0.2, 0.25) is 5.91 Å². The molecular formula is C16H27N3O. The minimum absolute atomic E-state index is 0.0271. The molecule has 1 aliphatic heterocycles. The van der Waals surface area contributed by atoms with Gasteiger partial charge in [-0.2, -0.15) is 5.26 Å². The molecule has 1 saturated heterocycles. The Morgan fingerprint density at radius 1 is 1.25 bits per heavy atom. The Morgan fingerprint density at radius 3 is 2.35 bits per heavy atom. The van der Waals surface area contributed by atoms with E-state index in [0.29, 0.717) is 5.91 Å². The lowest BCUT2D eigenvalue weighted by atomic mass is 9.87. The lowest BCUT2D eigenvalue weighted by molar-refractivity contribution is -0.143. The van der Waals surface area contributed by atoms with Crippen molar-refractivity contribution in [3.8, 4) is 6.07 Å². The van der Waals surface area contributed by atoms with Crippen molar-refractivity contribution in [1.82, 2.24) is 9.80 Å². The van der Waals surface area contributed by atoms with Gasteiger partial charge in [0, 0.05) is 31.6 Å². The highest BCUT2D eigenvalue weighted by Crippen LogP contribution is 2.39. The van der Waals surface area contributed by atoms with Gasteiger partial charge in [-0.1, -0.05) is 33.1 Å². The van der Waals surface area contributed by atoms with Gasteiger partial charge < -0.3 is 4.90 Å². The van der Waals surface area contributed by atoms with Crippen LogP contribution in [-0.4, -0.2) is 47.9 Å². The van der Waals surface area contributed by atoms with Crippen molar-refractivity contribution < 1.29 is 4.79 Å². The van der Waals surface area contributed by atoms with Crippen molar-refractivity contribution in [1.29, 1.82) is 5.26 Å². The Kier molecular flexibility index (Phi) is 5.04. The number of carbonyl (C=O) groups is 1. The van der Waals surface area contributed by atoms with Crippen molar-refractivity contribution in [2.24, 2.45) is 5.41 Å². The Hall–Kier alpha value is -1.08. The molecule has 4 heteroatoms. The van der Waals surface area contributed by atoms with Crippen LogP contribution in [0, 0.1) is 16.7 Å². The maximum absolute atomic E-state index is 12.6. The van der Waals surface area contributed by atoms with Crippen LogP contribution < -0.4 is 0 Å². The van der Waals surface area contributed by atoms with Gasteiger partial charge >= 0.3 is 0 Å². The van der Waals surface area contributed by atoms with E-state index < -0.39 is 0 Å². The average Bonchev–Trinajstić information content (AvgIpc) is 2.92. The topological polar surface area (TPSA) is 47.3 Å². The van der Waals surface area contributed by atoms with Gasteiger partial charge in [-0.3, -0.25) is 9.69 Å². The molecule has 0 N–H and O–H groups in total. The molecule has 1 aliphatic carbocycles. The number of amides is 1. The van der Waals surface area contributed by atoms with Gasteiger partial charge in [-0.15, -0.1) is 0 Å². The quantitative estimate of drug-likeness (QED) is 0.793. The Labute approximate surface area is 122 Å². The Balaban J connectivity index is 1.88. The highest BCUT2D eigenvalue weighted by atomic mass is 16.2. The average molecular weight is 277 g/mol. The van der Waals surface area contributed by atoms with Crippen LogP contribution in [-0.2, 0) is 4.79 Å². The fourth-order valence-electron chi connectivity index (χ4n) is 3.59. The van der Waals surface area contributed by atoms with Crippen LogP contribution in [0.4, 0.5) is 0 Å².